The number of amides is 12. The highest BCUT2D eigenvalue weighted by Gasteiger charge is 2.44. The molecule has 492 valence electrons. The summed E-state index contributed by atoms with van der Waals surface area (Å²) >= 11 is 0. The molecule has 0 aromatic heterocycles. The van der Waals surface area contributed by atoms with Gasteiger partial charge in [-0.1, -0.05) is 92.6 Å². The summed E-state index contributed by atoms with van der Waals surface area (Å²) in [6.07, 6.45) is 4.43. The number of nitrogens with two attached hydrogens (primary N) is 2. The number of rotatable bonds is 24. The minimum atomic E-state index is -2.02. The molecular weight excluding hydrogens is 1130 g/mol. The van der Waals surface area contributed by atoms with Crippen LogP contribution in [0, 0.1) is 17.8 Å². The van der Waals surface area contributed by atoms with Crippen molar-refractivity contribution in [3.63, 3.8) is 0 Å². The second kappa shape index (κ2) is 38.3. The average Bonchev–Trinajstić information content (AvgIpc) is 2.29. The number of Topliss-reactive ketones (excluding diaryl/α,β-unsaturated/α-hetero) is 1. The van der Waals surface area contributed by atoms with Gasteiger partial charge in [0.1, 0.15) is 53.8 Å². The highest BCUT2D eigenvalue weighted by atomic mass is 16.5. The number of allylic oxidation sites excluding steroid dienone is 1. The summed E-state index contributed by atoms with van der Waals surface area (Å²) in [6, 6.07) is -12.1. The summed E-state index contributed by atoms with van der Waals surface area (Å²) in [6.45, 7) is 13.1. The van der Waals surface area contributed by atoms with Crippen LogP contribution in [0.1, 0.15) is 171 Å². The van der Waals surface area contributed by atoms with Crippen molar-refractivity contribution in [1.29, 1.82) is 0 Å². The lowest BCUT2D eigenvalue weighted by Crippen LogP contribution is -2.62. The predicted molar refractivity (Wildman–Crippen MR) is 319 cm³/mol. The molecule has 2 fully saturated rings. The zero-order valence-electron chi connectivity index (χ0n) is 52.8. The first-order valence-electron chi connectivity index (χ1n) is 30.5. The maximum absolute atomic E-state index is 14.7. The van der Waals surface area contributed by atoms with Crippen molar-refractivity contribution in [2.45, 2.75) is 238 Å². The zero-order valence-corrected chi connectivity index (χ0v) is 52.8. The third-order valence-electron chi connectivity index (χ3n) is 15.8. The summed E-state index contributed by atoms with van der Waals surface area (Å²) in [5.74, 6) is -13.4. The van der Waals surface area contributed by atoms with E-state index in [1.807, 2.05) is 6.92 Å². The Balaban J connectivity index is 2.73. The van der Waals surface area contributed by atoms with E-state index in [1.54, 1.807) is 20.8 Å². The van der Waals surface area contributed by atoms with Crippen LogP contribution in [0.4, 0.5) is 0 Å². The highest BCUT2D eigenvalue weighted by molar-refractivity contribution is 6.03. The van der Waals surface area contributed by atoms with Crippen molar-refractivity contribution >= 4 is 76.7 Å². The van der Waals surface area contributed by atoms with Crippen LogP contribution in [0.2, 0.25) is 0 Å². The van der Waals surface area contributed by atoms with Crippen molar-refractivity contribution in [2.24, 2.45) is 29.2 Å². The van der Waals surface area contributed by atoms with Crippen LogP contribution in [0.25, 0.3) is 0 Å². The number of hydrogen-bond donors (Lipinski definition) is 12. The number of ether oxygens (including phenoxy) is 1. The number of primary amides is 2. The Hall–Kier alpha value is -7.07. The van der Waals surface area contributed by atoms with Crippen LogP contribution >= 0.6 is 0 Å². The largest absolute Gasteiger partial charge is 0.391 e. The molecule has 0 aromatic carbocycles. The molecule has 12 atom stereocenters. The average molecular weight is 1230 g/mol. The Labute approximate surface area is 511 Å². The van der Waals surface area contributed by atoms with Crippen LogP contribution in [0.15, 0.2) is 11.8 Å². The minimum Gasteiger partial charge on any atom is -0.391 e. The Kier molecular flexibility index (Phi) is 33.4. The molecule has 0 spiro atoms. The van der Waals surface area contributed by atoms with Gasteiger partial charge in [-0.2, -0.15) is 0 Å². The van der Waals surface area contributed by atoms with E-state index in [2.05, 4.69) is 42.5 Å². The monoisotopic (exact) mass is 1230 g/mol. The molecule has 0 bridgehead atoms. The molecule has 2 aliphatic rings. The summed E-state index contributed by atoms with van der Waals surface area (Å²) in [7, 11) is 2.41. The first kappa shape index (κ1) is 76.0. The number of carbonyl (C=O) groups excluding carboxylic acids is 13. The predicted octanol–water partition coefficient (Wildman–Crippen LogP) is -1.00. The summed E-state index contributed by atoms with van der Waals surface area (Å²) < 4.78 is 5.43. The lowest BCUT2D eigenvalue weighted by Gasteiger charge is -2.36. The summed E-state index contributed by atoms with van der Waals surface area (Å²) in [5, 5.41) is 42.7. The fraction of sp³-hybridized carbons (Fsp3) is 0.746. The van der Waals surface area contributed by atoms with Gasteiger partial charge in [0, 0.05) is 40.0 Å². The maximum Gasteiger partial charge on any atom is 0.268 e. The molecule has 2 heterocycles. The third-order valence-corrected chi connectivity index (χ3v) is 15.8. The van der Waals surface area contributed by atoms with Crippen LogP contribution in [-0.2, 0) is 67.1 Å². The van der Waals surface area contributed by atoms with Crippen LogP contribution in [0.5, 0.6) is 0 Å². The standard InChI is InChI=1S/C59H100N12O16/c1-12-14-24-37(73)25-21-19-17-15-16-18-20-23-34(7)47-50(77)57(84)67-46(33(5)6)54(81)63-38(13-2)52(79)69-48(35(8)72)56(83)66-45(32(3)4)55(82)64-39(27-28-42(60)74)51(78)62-31-44(76)65-49(36(9)87-11)59(86)70(10)41(30-43(61)75)58(85)71-29-22-26-40(71)53(80)68-47/h13,32-36,39-41,45-50,72,77H,12,14-31H2,1-11H3,(H2,60,74)(H2,61,75)(H,62,78)(H,63,81)(H,64,82)(H,65,76)(H,66,83)(H,67,84)(H,68,80)(H,69,79)/b38-13+/t34-,35-,36?,39-,40-,41-,45-,46-,47+,48-,49-,50+/m0/s1. The second-order valence-electron chi connectivity index (χ2n) is 23.6. The van der Waals surface area contributed by atoms with Crippen molar-refractivity contribution in [3.05, 3.63) is 11.8 Å². The molecule has 87 heavy (non-hydrogen) atoms. The number of carbonyl (C=O) groups is 13. The maximum atomic E-state index is 14.7. The second-order valence-corrected chi connectivity index (χ2v) is 23.6. The van der Waals surface area contributed by atoms with Crippen molar-refractivity contribution in [2.75, 3.05) is 27.2 Å². The molecule has 0 saturated carbocycles. The van der Waals surface area contributed by atoms with Gasteiger partial charge in [-0.05, 0) is 77.0 Å². The van der Waals surface area contributed by atoms with Gasteiger partial charge >= 0.3 is 0 Å². The van der Waals surface area contributed by atoms with Crippen molar-refractivity contribution in [1.82, 2.24) is 52.3 Å². The molecule has 28 nitrogen and oxygen atoms in total. The number of nitrogens with zero attached hydrogens (tertiary/aromatic N) is 2. The molecule has 0 radical (unpaired) electrons. The lowest BCUT2D eigenvalue weighted by atomic mass is 9.90. The molecule has 0 aromatic rings. The molecule has 28 heteroatoms. The van der Waals surface area contributed by atoms with Crippen LogP contribution in [-0.4, -0.2) is 191 Å². The van der Waals surface area contributed by atoms with Crippen LogP contribution < -0.4 is 54.0 Å². The topological polar surface area (TPSA) is 426 Å². The van der Waals surface area contributed by atoms with Gasteiger partial charge in [0.25, 0.3) is 11.8 Å². The number of hydrogen-bond acceptors (Lipinski definition) is 16. The minimum absolute atomic E-state index is 0.0378. The Morgan fingerprint density at radius 1 is 0.667 bits per heavy atom. The van der Waals surface area contributed by atoms with E-state index in [4.69, 9.17) is 16.2 Å². The van der Waals surface area contributed by atoms with Gasteiger partial charge in [0.05, 0.1) is 31.2 Å². The third kappa shape index (κ3) is 24.9. The molecular formula is C59H100N12O16. The number of likely N-dealkylation sites (N-methyl/N-ethyl adjacent to an activating group) is 1. The lowest BCUT2D eigenvalue weighted by molar-refractivity contribution is -0.151. The number of nitrogens with one attached hydrogen (secondary N) is 8. The first-order chi connectivity index (χ1) is 40.9. The summed E-state index contributed by atoms with van der Waals surface area (Å²) in [5.41, 5.74) is 10.6. The Bertz CT molecular complexity index is 2420. The molecule has 2 aliphatic heterocycles. The fourth-order valence-corrected chi connectivity index (χ4v) is 10.2. The van der Waals surface area contributed by atoms with Gasteiger partial charge in [-0.15, -0.1) is 0 Å². The van der Waals surface area contributed by atoms with E-state index in [1.165, 1.54) is 54.9 Å². The number of aliphatic hydroxyl groups excluding tert-OH is 2. The quantitative estimate of drug-likeness (QED) is 0.0407. The Morgan fingerprint density at radius 2 is 1.24 bits per heavy atom. The van der Waals surface area contributed by atoms with E-state index < -0.39 is 187 Å². The van der Waals surface area contributed by atoms with E-state index in [9.17, 15) is 72.5 Å². The van der Waals surface area contributed by atoms with Gasteiger partial charge < -0.3 is 78.8 Å². The van der Waals surface area contributed by atoms with E-state index in [-0.39, 0.29) is 25.2 Å². The van der Waals surface area contributed by atoms with Crippen molar-refractivity contribution < 1.29 is 77.3 Å². The normalized spacial score (nSPS) is 25.8. The molecule has 14 N–H and O–H groups in total. The number of ketones is 1. The van der Waals surface area contributed by atoms with E-state index in [0.29, 0.717) is 25.7 Å². The van der Waals surface area contributed by atoms with Gasteiger partial charge in [0.15, 0.2) is 6.10 Å². The van der Waals surface area contributed by atoms with E-state index >= 15 is 0 Å². The SMILES string of the molecule is C/C=C1/NC(=O)[C@H](C(C)C)NC(=O)[C@H](O)[C@@H]([C@@H](C)CCCCCCCCCC(=O)CCCC)NC(=O)[C@@H]2CCCN2C(=O)[C@H](CC(N)=O)N(C)C(=O)[C@H](C(C)OC)NC(=O)CNC(=O)[C@H](CCC(N)=O)NC(=O)[C@H](C(C)C)NC(=O)[C@H]([C@H](C)O)NC1=O. The van der Waals surface area contributed by atoms with Crippen LogP contribution in [0.3, 0.4) is 0 Å². The van der Waals surface area contributed by atoms with Gasteiger partial charge in [-0.3, -0.25) is 62.3 Å². The Morgan fingerprint density at radius 3 is 1.80 bits per heavy atom. The molecule has 2 rings (SSSR count). The number of fused-ring (bicyclic) bond motifs is 1. The summed E-state index contributed by atoms with van der Waals surface area (Å²) in [4.78, 5) is 180. The smallest absolute Gasteiger partial charge is 0.268 e. The molecule has 12 amide bonds. The number of methoxy groups -OCH3 is 1. The first-order valence-corrected chi connectivity index (χ1v) is 30.5. The van der Waals surface area contributed by atoms with Gasteiger partial charge in [0.2, 0.25) is 59.1 Å². The highest BCUT2D eigenvalue weighted by Crippen LogP contribution is 2.25. The zero-order chi connectivity index (χ0) is 65.8. The number of aliphatic hydroxyl groups is 2. The van der Waals surface area contributed by atoms with E-state index in [0.717, 1.165) is 61.2 Å². The van der Waals surface area contributed by atoms with Gasteiger partial charge in [-0.25, -0.2) is 0 Å². The number of unbranched alkanes of at least 4 members (excludes halogenated alkanes) is 7. The molecule has 1 unspecified atom stereocenters. The molecule has 0 aliphatic carbocycles. The fourth-order valence-electron chi connectivity index (χ4n) is 10.2. The van der Waals surface area contributed by atoms with Crippen molar-refractivity contribution in [3.8, 4) is 0 Å². The molecule has 2 saturated heterocycles.